The van der Waals surface area contributed by atoms with Crippen LogP contribution in [0.5, 0.6) is 0 Å². The average molecular weight is 324 g/mol. The standard InChI is InChI=1S/C15H16BF3N2O2/c17-11-2-3-13-10(8-11)9-12(16(22)23)14(20-13)21-6-1-4-15(18,19)5-7-21/h2-3,8-9,22-23H,1,4-7H2. The first-order valence-electron chi connectivity index (χ1n) is 7.45. The number of anilines is 1. The first kappa shape index (κ1) is 16.1. The van der Waals surface area contributed by atoms with Gasteiger partial charge in [0.2, 0.25) is 5.92 Å². The highest BCUT2D eigenvalue weighted by Crippen LogP contribution is 2.29. The Balaban J connectivity index is 2.04. The molecule has 23 heavy (non-hydrogen) atoms. The Hall–Kier alpha value is -1.80. The van der Waals surface area contributed by atoms with Gasteiger partial charge in [-0.1, -0.05) is 0 Å². The van der Waals surface area contributed by atoms with Crippen LogP contribution in [0.4, 0.5) is 19.0 Å². The fourth-order valence-corrected chi connectivity index (χ4v) is 2.87. The number of hydrogen-bond donors (Lipinski definition) is 2. The molecule has 0 saturated carbocycles. The molecular formula is C15H16BF3N2O2. The first-order chi connectivity index (χ1) is 10.9. The van der Waals surface area contributed by atoms with E-state index in [1.807, 2.05) is 0 Å². The second kappa shape index (κ2) is 6.01. The third-order valence-corrected chi connectivity index (χ3v) is 4.08. The van der Waals surface area contributed by atoms with E-state index in [0.717, 1.165) is 0 Å². The van der Waals surface area contributed by atoms with E-state index in [2.05, 4.69) is 4.98 Å². The van der Waals surface area contributed by atoms with Crippen LogP contribution >= 0.6 is 0 Å². The van der Waals surface area contributed by atoms with E-state index in [4.69, 9.17) is 0 Å². The third kappa shape index (κ3) is 3.43. The van der Waals surface area contributed by atoms with Crippen molar-refractivity contribution in [1.29, 1.82) is 0 Å². The second-order valence-corrected chi connectivity index (χ2v) is 5.81. The van der Waals surface area contributed by atoms with Crippen molar-refractivity contribution in [2.75, 3.05) is 18.0 Å². The molecule has 0 aliphatic carbocycles. The topological polar surface area (TPSA) is 56.6 Å². The minimum atomic E-state index is -2.72. The number of aromatic nitrogens is 1. The minimum Gasteiger partial charge on any atom is -0.423 e. The van der Waals surface area contributed by atoms with Crippen LogP contribution in [-0.4, -0.2) is 41.2 Å². The zero-order valence-corrected chi connectivity index (χ0v) is 12.3. The van der Waals surface area contributed by atoms with E-state index in [0.29, 0.717) is 17.4 Å². The molecule has 2 aromatic rings. The van der Waals surface area contributed by atoms with E-state index in [1.165, 1.54) is 24.3 Å². The summed E-state index contributed by atoms with van der Waals surface area (Å²) in [5, 5.41) is 19.6. The Morgan fingerprint density at radius 1 is 1.13 bits per heavy atom. The molecule has 1 aliphatic heterocycles. The second-order valence-electron chi connectivity index (χ2n) is 5.81. The lowest BCUT2D eigenvalue weighted by atomic mass is 9.79. The van der Waals surface area contributed by atoms with Crippen LogP contribution in [0.3, 0.4) is 0 Å². The summed E-state index contributed by atoms with van der Waals surface area (Å²) in [6.07, 6.45) is -0.215. The zero-order chi connectivity index (χ0) is 16.6. The average Bonchev–Trinajstić information content (AvgIpc) is 2.66. The molecule has 4 nitrogen and oxygen atoms in total. The number of alkyl halides is 2. The van der Waals surface area contributed by atoms with E-state index >= 15 is 0 Å². The fraction of sp³-hybridized carbons (Fsp3) is 0.400. The molecule has 0 bridgehead atoms. The maximum atomic E-state index is 13.5. The highest BCUT2D eigenvalue weighted by molar-refractivity contribution is 6.60. The lowest BCUT2D eigenvalue weighted by molar-refractivity contribution is -0.0102. The summed E-state index contributed by atoms with van der Waals surface area (Å²) in [6, 6.07) is 5.42. The summed E-state index contributed by atoms with van der Waals surface area (Å²) in [4.78, 5) is 5.98. The van der Waals surface area contributed by atoms with Crippen molar-refractivity contribution in [3.8, 4) is 0 Å². The van der Waals surface area contributed by atoms with Gasteiger partial charge >= 0.3 is 7.12 Å². The van der Waals surface area contributed by atoms with Gasteiger partial charge in [-0.25, -0.2) is 18.2 Å². The van der Waals surface area contributed by atoms with Gasteiger partial charge in [0.1, 0.15) is 11.6 Å². The van der Waals surface area contributed by atoms with Crippen molar-refractivity contribution in [1.82, 2.24) is 4.98 Å². The number of halogens is 3. The fourth-order valence-electron chi connectivity index (χ4n) is 2.87. The lowest BCUT2D eigenvalue weighted by Gasteiger charge is -2.24. The summed E-state index contributed by atoms with van der Waals surface area (Å²) >= 11 is 0. The Bertz CT molecular complexity index is 727. The Morgan fingerprint density at radius 2 is 1.91 bits per heavy atom. The Kier molecular flexibility index (Phi) is 4.20. The van der Waals surface area contributed by atoms with Crippen LogP contribution in [0.1, 0.15) is 19.3 Å². The van der Waals surface area contributed by atoms with Gasteiger partial charge in [0.25, 0.3) is 0 Å². The van der Waals surface area contributed by atoms with Gasteiger partial charge in [0.15, 0.2) is 0 Å². The normalized spacial score (nSPS) is 18.0. The number of fused-ring (bicyclic) bond motifs is 1. The van der Waals surface area contributed by atoms with Crippen LogP contribution in [-0.2, 0) is 0 Å². The van der Waals surface area contributed by atoms with Gasteiger partial charge in [0.05, 0.1) is 5.52 Å². The largest absolute Gasteiger partial charge is 0.492 e. The minimum absolute atomic E-state index is 0.0758. The van der Waals surface area contributed by atoms with Crippen LogP contribution < -0.4 is 10.4 Å². The predicted molar refractivity (Wildman–Crippen MR) is 82.5 cm³/mol. The van der Waals surface area contributed by atoms with E-state index in [-0.39, 0.29) is 37.1 Å². The summed E-state index contributed by atoms with van der Waals surface area (Å²) in [6.45, 7) is 0.432. The van der Waals surface area contributed by atoms with E-state index < -0.39 is 18.9 Å². The van der Waals surface area contributed by atoms with Gasteiger partial charge in [0, 0.05) is 36.8 Å². The van der Waals surface area contributed by atoms with Crippen LogP contribution in [0.2, 0.25) is 0 Å². The molecule has 0 unspecified atom stereocenters. The monoisotopic (exact) mass is 324 g/mol. The molecule has 122 valence electrons. The number of nitrogens with zero attached hydrogens (tertiary/aromatic N) is 2. The molecule has 1 aromatic heterocycles. The highest BCUT2D eigenvalue weighted by Gasteiger charge is 2.33. The zero-order valence-electron chi connectivity index (χ0n) is 12.3. The molecular weight excluding hydrogens is 308 g/mol. The van der Waals surface area contributed by atoms with Crippen molar-refractivity contribution in [2.45, 2.75) is 25.2 Å². The maximum Gasteiger partial charge on any atom is 0.492 e. The molecule has 8 heteroatoms. The molecule has 1 aliphatic rings. The van der Waals surface area contributed by atoms with Gasteiger partial charge in [-0.3, -0.25) is 0 Å². The molecule has 2 N–H and O–H groups in total. The van der Waals surface area contributed by atoms with Crippen molar-refractivity contribution in [3.05, 3.63) is 30.1 Å². The SMILES string of the molecule is OB(O)c1cc2cc(F)ccc2nc1N1CCCC(F)(F)CC1. The van der Waals surface area contributed by atoms with Crippen LogP contribution in [0.25, 0.3) is 10.9 Å². The first-order valence-corrected chi connectivity index (χ1v) is 7.45. The Labute approximate surface area is 131 Å². The van der Waals surface area contributed by atoms with Gasteiger partial charge in [-0.15, -0.1) is 0 Å². The molecule has 0 radical (unpaired) electrons. The smallest absolute Gasteiger partial charge is 0.423 e. The number of pyridine rings is 1. The molecule has 2 heterocycles. The molecule has 0 amide bonds. The summed E-state index contributed by atoms with van der Waals surface area (Å²) in [5.41, 5.74) is 0.565. The van der Waals surface area contributed by atoms with Crippen molar-refractivity contribution in [3.63, 3.8) is 0 Å². The summed E-state index contributed by atoms with van der Waals surface area (Å²) in [5.74, 6) is -2.91. The molecule has 1 saturated heterocycles. The van der Waals surface area contributed by atoms with Crippen LogP contribution in [0, 0.1) is 5.82 Å². The summed E-state index contributed by atoms with van der Waals surface area (Å²) < 4.78 is 40.4. The quantitative estimate of drug-likeness (QED) is 0.826. The predicted octanol–water partition coefficient (Wildman–Crippen LogP) is 1.68. The maximum absolute atomic E-state index is 13.5. The molecule has 0 atom stereocenters. The van der Waals surface area contributed by atoms with Gasteiger partial charge in [-0.2, -0.15) is 0 Å². The van der Waals surface area contributed by atoms with Gasteiger partial charge in [-0.05, 0) is 30.7 Å². The third-order valence-electron chi connectivity index (χ3n) is 4.08. The number of benzene rings is 1. The molecule has 1 aromatic carbocycles. The van der Waals surface area contributed by atoms with Gasteiger partial charge < -0.3 is 14.9 Å². The van der Waals surface area contributed by atoms with E-state index in [9.17, 15) is 23.2 Å². The van der Waals surface area contributed by atoms with Crippen molar-refractivity contribution < 1.29 is 23.2 Å². The molecule has 3 rings (SSSR count). The van der Waals surface area contributed by atoms with Crippen molar-refractivity contribution in [2.24, 2.45) is 0 Å². The molecule has 0 spiro atoms. The molecule has 1 fully saturated rings. The number of hydrogen-bond acceptors (Lipinski definition) is 4. The summed E-state index contributed by atoms with van der Waals surface area (Å²) in [7, 11) is -1.81. The Morgan fingerprint density at radius 3 is 2.65 bits per heavy atom. The van der Waals surface area contributed by atoms with Crippen molar-refractivity contribution >= 4 is 29.3 Å². The van der Waals surface area contributed by atoms with Crippen LogP contribution in [0.15, 0.2) is 24.3 Å². The highest BCUT2D eigenvalue weighted by atomic mass is 19.3. The number of rotatable bonds is 2. The lowest BCUT2D eigenvalue weighted by Crippen LogP contribution is -2.39. The van der Waals surface area contributed by atoms with E-state index in [1.54, 1.807) is 4.90 Å².